The minimum absolute atomic E-state index is 0.0637. The van der Waals surface area contributed by atoms with Crippen LogP contribution < -0.4 is 5.32 Å². The first-order valence-corrected chi connectivity index (χ1v) is 7.55. The lowest BCUT2D eigenvalue weighted by molar-refractivity contribution is 0.111. The van der Waals surface area contributed by atoms with Gasteiger partial charge in [-0.1, -0.05) is 24.6 Å². The van der Waals surface area contributed by atoms with E-state index in [1.807, 2.05) is 12.1 Å². The van der Waals surface area contributed by atoms with Crippen LogP contribution in [0.4, 0.5) is 4.39 Å². The standard InChI is InChI=1S/C16H23FN2/c17-14-7-2-1-6-13(14)12-19-11-4-3-9-16(19)15-8-5-10-18-15/h1-2,6-7,15-16,18H,3-5,8-12H2. The van der Waals surface area contributed by atoms with Gasteiger partial charge in [0.2, 0.25) is 0 Å². The van der Waals surface area contributed by atoms with E-state index in [9.17, 15) is 4.39 Å². The molecule has 2 atom stereocenters. The maximum Gasteiger partial charge on any atom is 0.127 e. The minimum Gasteiger partial charge on any atom is -0.312 e. The molecule has 1 aromatic carbocycles. The average molecular weight is 262 g/mol. The first-order valence-electron chi connectivity index (χ1n) is 7.55. The molecule has 2 unspecified atom stereocenters. The Hall–Kier alpha value is -0.930. The van der Waals surface area contributed by atoms with Crippen molar-refractivity contribution in [1.29, 1.82) is 0 Å². The zero-order chi connectivity index (χ0) is 13.1. The van der Waals surface area contributed by atoms with Gasteiger partial charge in [0.15, 0.2) is 0 Å². The van der Waals surface area contributed by atoms with E-state index < -0.39 is 0 Å². The van der Waals surface area contributed by atoms with E-state index >= 15 is 0 Å². The van der Waals surface area contributed by atoms with Crippen molar-refractivity contribution in [3.63, 3.8) is 0 Å². The van der Waals surface area contributed by atoms with Crippen LogP contribution in [0.3, 0.4) is 0 Å². The molecule has 2 saturated heterocycles. The fourth-order valence-electron chi connectivity index (χ4n) is 3.55. The van der Waals surface area contributed by atoms with E-state index in [1.54, 1.807) is 12.1 Å². The summed E-state index contributed by atoms with van der Waals surface area (Å²) in [6, 6.07) is 8.41. The number of nitrogens with one attached hydrogen (secondary N) is 1. The highest BCUT2D eigenvalue weighted by Gasteiger charge is 2.31. The molecule has 3 rings (SSSR count). The second-order valence-electron chi connectivity index (χ2n) is 5.83. The van der Waals surface area contributed by atoms with Gasteiger partial charge in [-0.2, -0.15) is 0 Å². The third kappa shape index (κ3) is 2.98. The minimum atomic E-state index is -0.0637. The predicted molar refractivity (Wildman–Crippen MR) is 75.5 cm³/mol. The number of likely N-dealkylation sites (tertiary alicyclic amines) is 1. The molecule has 2 fully saturated rings. The molecule has 0 radical (unpaired) electrons. The summed E-state index contributed by atoms with van der Waals surface area (Å²) < 4.78 is 13.8. The van der Waals surface area contributed by atoms with Crippen LogP contribution in [0.5, 0.6) is 0 Å². The zero-order valence-electron chi connectivity index (χ0n) is 11.4. The summed E-state index contributed by atoms with van der Waals surface area (Å²) in [4.78, 5) is 2.49. The Labute approximate surface area is 115 Å². The molecule has 1 N–H and O–H groups in total. The zero-order valence-corrected chi connectivity index (χ0v) is 11.4. The van der Waals surface area contributed by atoms with Crippen molar-refractivity contribution in [3.05, 3.63) is 35.6 Å². The van der Waals surface area contributed by atoms with Crippen LogP contribution in [0.15, 0.2) is 24.3 Å². The number of nitrogens with zero attached hydrogens (tertiary/aromatic N) is 1. The second-order valence-corrected chi connectivity index (χ2v) is 5.83. The molecule has 0 bridgehead atoms. The SMILES string of the molecule is Fc1ccccc1CN1CCCCC1C1CCCN1. The largest absolute Gasteiger partial charge is 0.312 e. The topological polar surface area (TPSA) is 15.3 Å². The molecule has 2 nitrogen and oxygen atoms in total. The summed E-state index contributed by atoms with van der Waals surface area (Å²) in [6.45, 7) is 3.02. The van der Waals surface area contributed by atoms with E-state index in [-0.39, 0.29) is 5.82 Å². The molecular weight excluding hydrogens is 239 g/mol. The highest BCUT2D eigenvalue weighted by atomic mass is 19.1. The molecular formula is C16H23FN2. The Morgan fingerprint density at radius 1 is 1.16 bits per heavy atom. The van der Waals surface area contributed by atoms with Gasteiger partial charge in [0.25, 0.3) is 0 Å². The van der Waals surface area contributed by atoms with Crippen molar-refractivity contribution >= 4 is 0 Å². The van der Waals surface area contributed by atoms with Crippen molar-refractivity contribution in [1.82, 2.24) is 10.2 Å². The lowest BCUT2D eigenvalue weighted by Gasteiger charge is -2.39. The van der Waals surface area contributed by atoms with Gasteiger partial charge in [0, 0.05) is 24.2 Å². The number of hydrogen-bond donors (Lipinski definition) is 1. The first-order chi connectivity index (χ1) is 9.34. The molecule has 2 aliphatic heterocycles. The Bertz CT molecular complexity index is 415. The van der Waals surface area contributed by atoms with Crippen LogP contribution in [0.25, 0.3) is 0 Å². The van der Waals surface area contributed by atoms with E-state index in [0.717, 1.165) is 25.2 Å². The normalized spacial score (nSPS) is 28.7. The van der Waals surface area contributed by atoms with Crippen molar-refractivity contribution in [2.45, 2.75) is 50.7 Å². The Morgan fingerprint density at radius 2 is 2.05 bits per heavy atom. The molecule has 2 heterocycles. The van der Waals surface area contributed by atoms with Crippen LogP contribution in [-0.2, 0) is 6.54 Å². The Kier molecular flexibility index (Phi) is 4.14. The first kappa shape index (κ1) is 13.1. The molecule has 3 heteroatoms. The van der Waals surface area contributed by atoms with Gasteiger partial charge in [-0.25, -0.2) is 4.39 Å². The Morgan fingerprint density at radius 3 is 2.84 bits per heavy atom. The molecule has 1 aromatic rings. The summed E-state index contributed by atoms with van der Waals surface area (Å²) >= 11 is 0. The van der Waals surface area contributed by atoms with E-state index in [2.05, 4.69) is 10.2 Å². The maximum atomic E-state index is 13.8. The van der Waals surface area contributed by atoms with Crippen LogP contribution in [0, 0.1) is 5.82 Å². The summed E-state index contributed by atoms with van der Waals surface area (Å²) in [6.07, 6.45) is 6.38. The van der Waals surface area contributed by atoms with Gasteiger partial charge in [-0.3, -0.25) is 4.90 Å². The number of benzene rings is 1. The van der Waals surface area contributed by atoms with Gasteiger partial charge >= 0.3 is 0 Å². The van der Waals surface area contributed by atoms with E-state index in [0.29, 0.717) is 12.1 Å². The molecule has 19 heavy (non-hydrogen) atoms. The lowest BCUT2D eigenvalue weighted by atomic mass is 9.94. The summed E-state index contributed by atoms with van der Waals surface area (Å²) in [5, 5.41) is 3.62. The molecule has 104 valence electrons. The van der Waals surface area contributed by atoms with Crippen LogP contribution in [0.2, 0.25) is 0 Å². The summed E-state index contributed by atoms with van der Waals surface area (Å²) in [5.74, 6) is -0.0637. The lowest BCUT2D eigenvalue weighted by Crippen LogP contribution is -2.49. The van der Waals surface area contributed by atoms with Crippen molar-refractivity contribution in [3.8, 4) is 0 Å². The third-order valence-corrected chi connectivity index (χ3v) is 4.56. The smallest absolute Gasteiger partial charge is 0.127 e. The summed E-state index contributed by atoms with van der Waals surface area (Å²) in [5.41, 5.74) is 0.840. The Balaban J connectivity index is 1.71. The highest BCUT2D eigenvalue weighted by molar-refractivity contribution is 5.17. The molecule has 0 amide bonds. The third-order valence-electron chi connectivity index (χ3n) is 4.56. The molecule has 0 saturated carbocycles. The van der Waals surface area contributed by atoms with Crippen molar-refractivity contribution in [2.24, 2.45) is 0 Å². The van der Waals surface area contributed by atoms with Crippen LogP contribution >= 0.6 is 0 Å². The highest BCUT2D eigenvalue weighted by Crippen LogP contribution is 2.26. The van der Waals surface area contributed by atoms with E-state index in [4.69, 9.17) is 0 Å². The number of rotatable bonds is 3. The molecule has 0 aromatic heterocycles. The van der Waals surface area contributed by atoms with Crippen LogP contribution in [0.1, 0.15) is 37.7 Å². The van der Waals surface area contributed by atoms with Gasteiger partial charge < -0.3 is 5.32 Å². The van der Waals surface area contributed by atoms with Gasteiger partial charge in [0.1, 0.15) is 5.82 Å². The predicted octanol–water partition coefficient (Wildman–Crippen LogP) is 2.93. The van der Waals surface area contributed by atoms with Crippen molar-refractivity contribution in [2.75, 3.05) is 13.1 Å². The van der Waals surface area contributed by atoms with Crippen LogP contribution in [-0.4, -0.2) is 30.1 Å². The van der Waals surface area contributed by atoms with E-state index in [1.165, 1.54) is 32.1 Å². The molecule has 0 spiro atoms. The fourth-order valence-corrected chi connectivity index (χ4v) is 3.55. The maximum absolute atomic E-state index is 13.8. The number of piperidine rings is 1. The van der Waals surface area contributed by atoms with Gasteiger partial charge in [0.05, 0.1) is 0 Å². The number of hydrogen-bond acceptors (Lipinski definition) is 2. The fraction of sp³-hybridized carbons (Fsp3) is 0.625. The second kappa shape index (κ2) is 6.02. The monoisotopic (exact) mass is 262 g/mol. The van der Waals surface area contributed by atoms with Crippen molar-refractivity contribution < 1.29 is 4.39 Å². The molecule has 2 aliphatic rings. The number of halogens is 1. The average Bonchev–Trinajstić information content (AvgIpc) is 2.96. The van der Waals surface area contributed by atoms with Gasteiger partial charge in [-0.05, 0) is 44.8 Å². The molecule has 0 aliphatic carbocycles. The van der Waals surface area contributed by atoms with Gasteiger partial charge in [-0.15, -0.1) is 0 Å². The summed E-state index contributed by atoms with van der Waals surface area (Å²) in [7, 11) is 0. The quantitative estimate of drug-likeness (QED) is 0.901.